The van der Waals surface area contributed by atoms with Crippen molar-refractivity contribution in [2.75, 3.05) is 6.54 Å². The number of aliphatic carboxylic acids is 1. The molecule has 1 aromatic rings. The van der Waals surface area contributed by atoms with Gasteiger partial charge in [-0.25, -0.2) is 0 Å². The fourth-order valence-corrected chi connectivity index (χ4v) is 4.45. The SMILES string of the molecule is Cc1ccc(C)c(C(C)N2CC3CCCC3C2C(=O)O)c1. The molecule has 1 N–H and O–H groups in total. The Morgan fingerprint density at radius 1 is 1.33 bits per heavy atom. The Balaban J connectivity index is 1.91. The van der Waals surface area contributed by atoms with E-state index < -0.39 is 5.97 Å². The minimum absolute atomic E-state index is 0.177. The lowest BCUT2D eigenvalue weighted by Gasteiger charge is -2.31. The Kier molecular flexibility index (Phi) is 3.78. The Hall–Kier alpha value is -1.35. The van der Waals surface area contributed by atoms with Gasteiger partial charge < -0.3 is 5.11 Å². The van der Waals surface area contributed by atoms with Gasteiger partial charge in [0.05, 0.1) is 0 Å². The predicted molar refractivity (Wildman–Crippen MR) is 83.3 cm³/mol. The first kappa shape index (κ1) is 14.6. The molecule has 21 heavy (non-hydrogen) atoms. The van der Waals surface area contributed by atoms with Crippen LogP contribution in [0, 0.1) is 25.7 Å². The largest absolute Gasteiger partial charge is 0.480 e. The van der Waals surface area contributed by atoms with Crippen molar-refractivity contribution in [2.24, 2.45) is 11.8 Å². The third-order valence-electron chi connectivity index (χ3n) is 5.56. The van der Waals surface area contributed by atoms with E-state index in [9.17, 15) is 9.90 Å². The summed E-state index contributed by atoms with van der Waals surface area (Å²) in [5, 5.41) is 9.71. The van der Waals surface area contributed by atoms with Gasteiger partial charge in [-0.1, -0.05) is 30.2 Å². The van der Waals surface area contributed by atoms with Crippen LogP contribution >= 0.6 is 0 Å². The van der Waals surface area contributed by atoms with E-state index in [4.69, 9.17) is 0 Å². The smallest absolute Gasteiger partial charge is 0.321 e. The summed E-state index contributed by atoms with van der Waals surface area (Å²) in [5.74, 6) is 0.301. The number of fused-ring (bicyclic) bond motifs is 1. The maximum Gasteiger partial charge on any atom is 0.321 e. The summed E-state index contributed by atoms with van der Waals surface area (Å²) >= 11 is 0. The minimum atomic E-state index is -0.637. The van der Waals surface area contributed by atoms with E-state index in [0.29, 0.717) is 11.8 Å². The topological polar surface area (TPSA) is 40.5 Å². The highest BCUT2D eigenvalue weighted by Gasteiger charge is 2.49. The summed E-state index contributed by atoms with van der Waals surface area (Å²) in [6.45, 7) is 7.33. The molecule has 1 aromatic carbocycles. The number of likely N-dealkylation sites (tertiary alicyclic amines) is 1. The number of rotatable bonds is 3. The molecule has 1 aliphatic carbocycles. The van der Waals surface area contributed by atoms with Crippen molar-refractivity contribution in [3.8, 4) is 0 Å². The number of carboxylic acids is 1. The molecular weight excluding hydrogens is 262 g/mol. The van der Waals surface area contributed by atoms with Gasteiger partial charge in [0.2, 0.25) is 0 Å². The van der Waals surface area contributed by atoms with Crippen LogP contribution in [0.1, 0.15) is 48.9 Å². The molecule has 3 heteroatoms. The lowest BCUT2D eigenvalue weighted by molar-refractivity contribution is -0.144. The first-order chi connectivity index (χ1) is 9.99. The highest BCUT2D eigenvalue weighted by atomic mass is 16.4. The van der Waals surface area contributed by atoms with Gasteiger partial charge in [-0.2, -0.15) is 0 Å². The van der Waals surface area contributed by atoms with Crippen molar-refractivity contribution >= 4 is 5.97 Å². The molecule has 0 bridgehead atoms. The fourth-order valence-electron chi connectivity index (χ4n) is 4.45. The summed E-state index contributed by atoms with van der Waals surface area (Å²) in [6.07, 6.45) is 3.48. The summed E-state index contributed by atoms with van der Waals surface area (Å²) in [5.41, 5.74) is 3.78. The Morgan fingerprint density at radius 2 is 2.10 bits per heavy atom. The van der Waals surface area contributed by atoms with Gasteiger partial charge in [0.15, 0.2) is 0 Å². The summed E-state index contributed by atoms with van der Waals surface area (Å²) in [4.78, 5) is 14.0. The van der Waals surface area contributed by atoms with Gasteiger partial charge in [-0.3, -0.25) is 9.69 Å². The van der Waals surface area contributed by atoms with Crippen molar-refractivity contribution in [3.05, 3.63) is 34.9 Å². The van der Waals surface area contributed by atoms with Crippen molar-refractivity contribution in [2.45, 2.75) is 52.1 Å². The molecule has 0 spiro atoms. The molecule has 1 saturated carbocycles. The van der Waals surface area contributed by atoms with E-state index in [1.165, 1.54) is 29.5 Å². The van der Waals surface area contributed by atoms with Gasteiger partial charge in [-0.15, -0.1) is 0 Å². The molecule has 0 radical (unpaired) electrons. The van der Waals surface area contributed by atoms with Crippen LogP contribution in [0.3, 0.4) is 0 Å². The third kappa shape index (κ3) is 2.48. The molecule has 114 valence electrons. The molecule has 0 amide bonds. The maximum absolute atomic E-state index is 11.8. The van der Waals surface area contributed by atoms with E-state index >= 15 is 0 Å². The van der Waals surface area contributed by atoms with Crippen molar-refractivity contribution in [1.82, 2.24) is 4.90 Å². The molecule has 4 atom stereocenters. The van der Waals surface area contributed by atoms with Crippen LogP contribution < -0.4 is 0 Å². The van der Waals surface area contributed by atoms with Crippen LogP contribution in [0.2, 0.25) is 0 Å². The highest BCUT2D eigenvalue weighted by molar-refractivity contribution is 5.74. The third-order valence-corrected chi connectivity index (χ3v) is 5.56. The number of nitrogens with zero attached hydrogens (tertiary/aromatic N) is 1. The molecular formula is C18H25NO2. The second-order valence-corrected chi connectivity index (χ2v) is 6.87. The van der Waals surface area contributed by atoms with Crippen LogP contribution in [0.25, 0.3) is 0 Å². The van der Waals surface area contributed by atoms with E-state index in [0.717, 1.165) is 13.0 Å². The average Bonchev–Trinajstić information content (AvgIpc) is 3.00. The Labute approximate surface area is 127 Å². The molecule has 2 fully saturated rings. The van der Waals surface area contributed by atoms with Crippen LogP contribution in [0.4, 0.5) is 0 Å². The van der Waals surface area contributed by atoms with Crippen molar-refractivity contribution in [3.63, 3.8) is 0 Å². The standard InChI is InChI=1S/C18H25NO2/c1-11-7-8-12(2)16(9-11)13(3)19-10-14-5-4-6-15(14)17(19)18(20)21/h7-9,13-15,17H,4-6,10H2,1-3H3,(H,20,21). The van der Waals surface area contributed by atoms with E-state index in [1.54, 1.807) is 0 Å². The second-order valence-electron chi connectivity index (χ2n) is 6.87. The van der Waals surface area contributed by atoms with Crippen LogP contribution in [0.15, 0.2) is 18.2 Å². The Bertz CT molecular complexity index is 554. The molecule has 3 nitrogen and oxygen atoms in total. The number of hydrogen-bond acceptors (Lipinski definition) is 2. The van der Waals surface area contributed by atoms with Crippen LogP contribution in [-0.4, -0.2) is 28.6 Å². The molecule has 1 heterocycles. The normalized spacial score (nSPS) is 30.3. The predicted octanol–water partition coefficient (Wildman–Crippen LogP) is 3.55. The lowest BCUT2D eigenvalue weighted by Crippen LogP contribution is -2.41. The number of carboxylic acid groups (broad SMARTS) is 1. The van der Waals surface area contributed by atoms with Gasteiger partial charge in [0, 0.05) is 12.6 Å². The van der Waals surface area contributed by atoms with Gasteiger partial charge in [0.1, 0.15) is 6.04 Å². The number of aryl methyl sites for hydroxylation is 2. The van der Waals surface area contributed by atoms with Gasteiger partial charge >= 0.3 is 5.97 Å². The molecule has 4 unspecified atom stereocenters. The zero-order valence-corrected chi connectivity index (χ0v) is 13.2. The van der Waals surface area contributed by atoms with Crippen LogP contribution in [-0.2, 0) is 4.79 Å². The molecule has 3 rings (SSSR count). The van der Waals surface area contributed by atoms with E-state index in [1.807, 2.05) is 0 Å². The molecule has 2 aliphatic rings. The molecule has 0 aromatic heterocycles. The summed E-state index contributed by atoms with van der Waals surface area (Å²) in [6, 6.07) is 6.36. The summed E-state index contributed by atoms with van der Waals surface area (Å²) in [7, 11) is 0. The lowest BCUT2D eigenvalue weighted by atomic mass is 9.93. The monoisotopic (exact) mass is 287 g/mol. The second kappa shape index (κ2) is 5.45. The summed E-state index contributed by atoms with van der Waals surface area (Å²) < 4.78 is 0. The number of carbonyl (C=O) groups is 1. The number of benzene rings is 1. The average molecular weight is 287 g/mol. The highest BCUT2D eigenvalue weighted by Crippen LogP contribution is 2.45. The van der Waals surface area contributed by atoms with Gasteiger partial charge in [-0.05, 0) is 56.6 Å². The van der Waals surface area contributed by atoms with Crippen molar-refractivity contribution < 1.29 is 9.90 Å². The minimum Gasteiger partial charge on any atom is -0.480 e. The fraction of sp³-hybridized carbons (Fsp3) is 0.611. The molecule has 1 aliphatic heterocycles. The van der Waals surface area contributed by atoms with Gasteiger partial charge in [0.25, 0.3) is 0 Å². The maximum atomic E-state index is 11.8. The first-order valence-electron chi connectivity index (χ1n) is 8.04. The van der Waals surface area contributed by atoms with Crippen LogP contribution in [0.5, 0.6) is 0 Å². The van der Waals surface area contributed by atoms with Crippen molar-refractivity contribution in [1.29, 1.82) is 0 Å². The first-order valence-corrected chi connectivity index (χ1v) is 8.04. The molecule has 1 saturated heterocycles. The zero-order chi connectivity index (χ0) is 15.1. The number of hydrogen-bond donors (Lipinski definition) is 1. The van der Waals surface area contributed by atoms with E-state index in [2.05, 4.69) is 43.9 Å². The zero-order valence-electron chi connectivity index (χ0n) is 13.2. The quantitative estimate of drug-likeness (QED) is 0.924. The van der Waals surface area contributed by atoms with E-state index in [-0.39, 0.29) is 12.1 Å². The Morgan fingerprint density at radius 3 is 2.81 bits per heavy atom.